The van der Waals surface area contributed by atoms with Gasteiger partial charge in [-0.3, -0.25) is 5.10 Å². The van der Waals surface area contributed by atoms with Crippen LogP contribution in [0.3, 0.4) is 0 Å². The zero-order chi connectivity index (χ0) is 18.0. The van der Waals surface area contributed by atoms with Gasteiger partial charge in [0, 0.05) is 17.8 Å². The zero-order valence-electron chi connectivity index (χ0n) is 14.2. The molecule has 0 aliphatic rings. The Labute approximate surface area is 146 Å². The number of aryl methyl sites for hydroxylation is 1. The Balaban J connectivity index is 1.75. The highest BCUT2D eigenvalue weighted by Gasteiger charge is 2.21. The van der Waals surface area contributed by atoms with Crippen molar-refractivity contribution in [2.24, 2.45) is 0 Å². The van der Waals surface area contributed by atoms with Gasteiger partial charge in [0.2, 0.25) is 5.09 Å². The highest BCUT2D eigenvalue weighted by Crippen LogP contribution is 2.26. The molecule has 0 fully saturated rings. The van der Waals surface area contributed by atoms with Crippen molar-refractivity contribution < 1.29 is 17.6 Å². The molecule has 0 aliphatic heterocycles. The summed E-state index contributed by atoms with van der Waals surface area (Å²) in [5.41, 5.74) is 3.25. The Hall–Kier alpha value is -2.58. The zero-order valence-corrected chi connectivity index (χ0v) is 15.0. The second kappa shape index (κ2) is 6.73. The van der Waals surface area contributed by atoms with Crippen LogP contribution in [0.2, 0.25) is 0 Å². The van der Waals surface area contributed by atoms with E-state index in [4.69, 9.17) is 9.15 Å². The maximum absolute atomic E-state index is 12.4. The number of sulfonamides is 1. The maximum atomic E-state index is 12.4. The molecule has 132 valence electrons. The Morgan fingerprint density at radius 3 is 2.48 bits per heavy atom. The topological polar surface area (TPSA) is 97.2 Å². The van der Waals surface area contributed by atoms with Crippen LogP contribution in [0.5, 0.6) is 5.75 Å². The number of aromatic amines is 1. The number of benzene rings is 1. The predicted molar refractivity (Wildman–Crippen MR) is 92.8 cm³/mol. The summed E-state index contributed by atoms with van der Waals surface area (Å²) in [5, 5.41) is 6.86. The number of nitrogens with zero attached hydrogens (tertiary/aromatic N) is 1. The lowest BCUT2D eigenvalue weighted by molar-refractivity contribution is 0.414. The lowest BCUT2D eigenvalue weighted by atomic mass is 10.2. The number of rotatable bonds is 6. The Bertz CT molecular complexity index is 972. The van der Waals surface area contributed by atoms with E-state index in [1.54, 1.807) is 37.4 Å². The van der Waals surface area contributed by atoms with E-state index in [9.17, 15) is 8.42 Å². The molecule has 0 saturated heterocycles. The first-order valence-corrected chi connectivity index (χ1v) is 9.13. The summed E-state index contributed by atoms with van der Waals surface area (Å²) in [5.74, 6) is 1.12. The monoisotopic (exact) mass is 361 g/mol. The van der Waals surface area contributed by atoms with Crippen LogP contribution in [0.25, 0.3) is 11.5 Å². The number of nitrogens with one attached hydrogen (secondary N) is 2. The smallest absolute Gasteiger partial charge is 0.274 e. The summed E-state index contributed by atoms with van der Waals surface area (Å²) in [7, 11) is -2.18. The fourth-order valence-electron chi connectivity index (χ4n) is 2.31. The number of ether oxygens (including phenoxy) is 1. The molecule has 2 aromatic heterocycles. The molecule has 0 saturated carbocycles. The van der Waals surface area contributed by atoms with Crippen molar-refractivity contribution in [1.29, 1.82) is 0 Å². The van der Waals surface area contributed by atoms with Crippen molar-refractivity contribution in [3.63, 3.8) is 0 Å². The van der Waals surface area contributed by atoms with E-state index >= 15 is 0 Å². The highest BCUT2D eigenvalue weighted by atomic mass is 32.2. The molecule has 0 radical (unpaired) electrons. The molecule has 2 N–H and O–H groups in total. The molecule has 0 unspecified atom stereocenters. The van der Waals surface area contributed by atoms with Crippen molar-refractivity contribution in [2.45, 2.75) is 25.5 Å². The van der Waals surface area contributed by atoms with Gasteiger partial charge in [-0.05, 0) is 43.7 Å². The van der Waals surface area contributed by atoms with Gasteiger partial charge >= 0.3 is 0 Å². The number of methoxy groups -OCH3 is 1. The molecule has 2 heterocycles. The minimum absolute atomic E-state index is 0.143. The molecule has 8 heteroatoms. The largest absolute Gasteiger partial charge is 0.497 e. The number of hydrogen-bond donors (Lipinski definition) is 2. The quantitative estimate of drug-likeness (QED) is 0.704. The van der Waals surface area contributed by atoms with Crippen LogP contribution < -0.4 is 9.46 Å². The number of aromatic nitrogens is 2. The third-order valence-corrected chi connectivity index (χ3v) is 5.23. The number of furan rings is 1. The van der Waals surface area contributed by atoms with Crippen LogP contribution >= 0.6 is 0 Å². The first-order valence-electron chi connectivity index (χ1n) is 7.65. The Morgan fingerprint density at radius 1 is 1.16 bits per heavy atom. The third-order valence-electron chi connectivity index (χ3n) is 3.96. The average Bonchev–Trinajstić information content (AvgIpc) is 3.22. The van der Waals surface area contributed by atoms with Crippen LogP contribution in [-0.4, -0.2) is 25.7 Å². The predicted octanol–water partition coefficient (Wildman–Crippen LogP) is 2.77. The Kier molecular flexibility index (Phi) is 4.65. The SMILES string of the molecule is COc1ccc(CNS(=O)(=O)c2ccc(-c3n[nH]c(C)c3C)o2)cc1. The van der Waals surface area contributed by atoms with E-state index in [0.717, 1.165) is 16.8 Å². The lowest BCUT2D eigenvalue weighted by Gasteiger charge is -2.05. The van der Waals surface area contributed by atoms with Gasteiger partial charge in [-0.15, -0.1) is 0 Å². The second-order valence-electron chi connectivity index (χ2n) is 5.61. The average molecular weight is 361 g/mol. The first kappa shape index (κ1) is 17.2. The van der Waals surface area contributed by atoms with E-state index in [1.165, 1.54) is 6.07 Å². The molecule has 3 rings (SSSR count). The molecule has 25 heavy (non-hydrogen) atoms. The van der Waals surface area contributed by atoms with E-state index in [2.05, 4.69) is 14.9 Å². The molecule has 7 nitrogen and oxygen atoms in total. The van der Waals surface area contributed by atoms with Gasteiger partial charge in [0.15, 0.2) is 5.76 Å². The van der Waals surface area contributed by atoms with Crippen LogP contribution in [0, 0.1) is 13.8 Å². The van der Waals surface area contributed by atoms with Crippen molar-refractivity contribution in [1.82, 2.24) is 14.9 Å². The van der Waals surface area contributed by atoms with E-state index in [-0.39, 0.29) is 11.6 Å². The van der Waals surface area contributed by atoms with E-state index in [0.29, 0.717) is 17.2 Å². The summed E-state index contributed by atoms with van der Waals surface area (Å²) >= 11 is 0. The fourth-order valence-corrected chi connectivity index (χ4v) is 3.26. The van der Waals surface area contributed by atoms with Crippen LogP contribution in [0.15, 0.2) is 45.9 Å². The third kappa shape index (κ3) is 3.59. The molecular formula is C17H19N3O4S. The molecule has 0 spiro atoms. The van der Waals surface area contributed by atoms with Gasteiger partial charge in [-0.25, -0.2) is 13.1 Å². The summed E-state index contributed by atoms with van der Waals surface area (Å²) in [6.07, 6.45) is 0. The van der Waals surface area contributed by atoms with E-state index in [1.807, 2.05) is 13.8 Å². The standard InChI is InChI=1S/C17H19N3O4S/c1-11-12(2)19-20-17(11)15-8-9-16(24-15)25(21,22)18-10-13-4-6-14(23-3)7-5-13/h4-9,18H,10H2,1-3H3,(H,19,20). The number of H-pyrrole nitrogens is 1. The van der Waals surface area contributed by atoms with Gasteiger partial charge in [0.05, 0.1) is 7.11 Å². The van der Waals surface area contributed by atoms with Gasteiger partial charge < -0.3 is 9.15 Å². The molecule has 0 atom stereocenters. The molecular weight excluding hydrogens is 342 g/mol. The van der Waals surface area contributed by atoms with Gasteiger partial charge in [-0.1, -0.05) is 12.1 Å². The normalized spacial score (nSPS) is 11.6. The molecule has 0 aliphatic carbocycles. The van der Waals surface area contributed by atoms with Crippen LogP contribution in [0.1, 0.15) is 16.8 Å². The van der Waals surface area contributed by atoms with Crippen LogP contribution in [-0.2, 0) is 16.6 Å². The first-order chi connectivity index (χ1) is 11.9. The second-order valence-corrected chi connectivity index (χ2v) is 7.31. The van der Waals surface area contributed by atoms with Gasteiger partial charge in [0.25, 0.3) is 10.0 Å². The Morgan fingerprint density at radius 2 is 1.88 bits per heavy atom. The van der Waals surface area contributed by atoms with Gasteiger partial charge in [-0.2, -0.15) is 5.10 Å². The van der Waals surface area contributed by atoms with E-state index < -0.39 is 10.0 Å². The van der Waals surface area contributed by atoms with Gasteiger partial charge in [0.1, 0.15) is 11.4 Å². The summed E-state index contributed by atoms with van der Waals surface area (Å²) in [6.45, 7) is 3.94. The fraction of sp³-hybridized carbons (Fsp3) is 0.235. The minimum atomic E-state index is -3.75. The summed E-state index contributed by atoms with van der Waals surface area (Å²) in [4.78, 5) is 0. The van der Waals surface area contributed by atoms with Crippen molar-refractivity contribution in [3.8, 4) is 17.2 Å². The highest BCUT2D eigenvalue weighted by molar-refractivity contribution is 7.89. The van der Waals surface area contributed by atoms with Crippen molar-refractivity contribution in [2.75, 3.05) is 7.11 Å². The summed E-state index contributed by atoms with van der Waals surface area (Å²) in [6, 6.07) is 10.2. The van der Waals surface area contributed by atoms with Crippen molar-refractivity contribution in [3.05, 3.63) is 53.2 Å². The van der Waals surface area contributed by atoms with Crippen LogP contribution in [0.4, 0.5) is 0 Å². The summed E-state index contributed by atoms with van der Waals surface area (Å²) < 4.78 is 37.9. The minimum Gasteiger partial charge on any atom is -0.497 e. The number of hydrogen-bond acceptors (Lipinski definition) is 5. The van der Waals surface area contributed by atoms with Crippen molar-refractivity contribution >= 4 is 10.0 Å². The molecule has 3 aromatic rings. The molecule has 0 bridgehead atoms. The lowest BCUT2D eigenvalue weighted by Crippen LogP contribution is -2.22. The molecule has 1 aromatic carbocycles. The maximum Gasteiger partial charge on any atom is 0.274 e. The molecule has 0 amide bonds.